The molecular weight excluding hydrogens is 437 g/mol. The van der Waals surface area contributed by atoms with Gasteiger partial charge in [0.25, 0.3) is 0 Å². The van der Waals surface area contributed by atoms with Gasteiger partial charge in [0, 0.05) is 19.2 Å². The Kier molecular flexibility index (Phi) is 6.65. The Morgan fingerprint density at radius 2 is 1.77 bits per heavy atom. The average Bonchev–Trinajstić information content (AvgIpc) is 2.75. The van der Waals surface area contributed by atoms with Crippen molar-refractivity contribution in [3.63, 3.8) is 0 Å². The maximum Gasteiger partial charge on any atom is 0.340 e. The number of sulfonamides is 1. The number of methoxy groups -OCH3 is 1. The molecule has 2 aromatic rings. The highest BCUT2D eigenvalue weighted by Crippen LogP contribution is 2.26. The molecule has 0 spiro atoms. The van der Waals surface area contributed by atoms with Gasteiger partial charge in [-0.15, -0.1) is 0 Å². The summed E-state index contributed by atoms with van der Waals surface area (Å²) >= 11 is 0. The van der Waals surface area contributed by atoms with Crippen molar-refractivity contribution in [1.29, 1.82) is 0 Å². The summed E-state index contributed by atoms with van der Waals surface area (Å²) in [6.07, 6.45) is 0.714. The van der Waals surface area contributed by atoms with Gasteiger partial charge in [-0.25, -0.2) is 26.4 Å². The first-order valence-corrected chi connectivity index (χ1v) is 10.7. The van der Waals surface area contributed by atoms with Gasteiger partial charge in [0.2, 0.25) is 15.9 Å². The van der Waals surface area contributed by atoms with Gasteiger partial charge in [-0.3, -0.25) is 4.79 Å². The molecule has 1 amide bonds. The van der Waals surface area contributed by atoms with Crippen molar-refractivity contribution < 1.29 is 35.9 Å². The SMILES string of the molecule is COC(=O)c1cc(NC(=O)C2CCCN(S(=O)(=O)c3ccc(F)cc3)C2)c(F)cc1F. The standard InChI is InChI=1S/C20H19F3N2O5S/c1-30-20(27)15-9-18(17(23)10-16(15)22)24-19(26)12-3-2-8-25(11-12)31(28,29)14-6-4-13(21)5-7-14/h4-7,9-10,12H,2-3,8,11H2,1H3,(H,24,26). The molecular formula is C20H19F3N2O5S. The van der Waals surface area contributed by atoms with Crippen LogP contribution >= 0.6 is 0 Å². The van der Waals surface area contributed by atoms with Crippen molar-refractivity contribution in [2.45, 2.75) is 17.7 Å². The second kappa shape index (κ2) is 9.06. The van der Waals surface area contributed by atoms with E-state index in [1.165, 1.54) is 0 Å². The first kappa shape index (κ1) is 22.8. The van der Waals surface area contributed by atoms with Crippen LogP contribution in [-0.2, 0) is 19.6 Å². The zero-order valence-electron chi connectivity index (χ0n) is 16.4. The Morgan fingerprint density at radius 3 is 2.42 bits per heavy atom. The predicted octanol–water partition coefficient (Wildman–Crippen LogP) is 2.93. The highest BCUT2D eigenvalue weighted by atomic mass is 32.2. The molecule has 166 valence electrons. The smallest absolute Gasteiger partial charge is 0.340 e. The number of carbonyl (C=O) groups excluding carboxylic acids is 2. The molecule has 2 aromatic carbocycles. The van der Waals surface area contributed by atoms with Crippen LogP contribution in [0.2, 0.25) is 0 Å². The summed E-state index contributed by atoms with van der Waals surface area (Å²) in [5.41, 5.74) is -0.978. The first-order chi connectivity index (χ1) is 14.6. The van der Waals surface area contributed by atoms with Gasteiger partial charge in [0.05, 0.1) is 29.2 Å². The van der Waals surface area contributed by atoms with Crippen LogP contribution in [0.5, 0.6) is 0 Å². The van der Waals surface area contributed by atoms with E-state index in [4.69, 9.17) is 0 Å². The highest BCUT2D eigenvalue weighted by molar-refractivity contribution is 7.89. The number of anilines is 1. The predicted molar refractivity (Wildman–Crippen MR) is 104 cm³/mol. The Bertz CT molecular complexity index is 1110. The van der Waals surface area contributed by atoms with Crippen LogP contribution in [0.25, 0.3) is 0 Å². The monoisotopic (exact) mass is 456 g/mol. The number of halogens is 3. The van der Waals surface area contributed by atoms with Crippen LogP contribution in [0.4, 0.5) is 18.9 Å². The van der Waals surface area contributed by atoms with E-state index in [-0.39, 0.29) is 18.0 Å². The summed E-state index contributed by atoms with van der Waals surface area (Å²) in [4.78, 5) is 24.1. The lowest BCUT2D eigenvalue weighted by Gasteiger charge is -2.31. The molecule has 1 fully saturated rings. The largest absolute Gasteiger partial charge is 0.465 e. The van der Waals surface area contributed by atoms with E-state index < -0.39 is 56.5 Å². The minimum Gasteiger partial charge on any atom is -0.465 e. The van der Waals surface area contributed by atoms with Gasteiger partial charge >= 0.3 is 5.97 Å². The normalized spacial score (nSPS) is 17.2. The fourth-order valence-electron chi connectivity index (χ4n) is 3.28. The molecule has 0 aliphatic carbocycles. The number of piperidine rings is 1. The lowest BCUT2D eigenvalue weighted by Crippen LogP contribution is -2.43. The second-order valence-corrected chi connectivity index (χ2v) is 8.89. The number of nitrogens with zero attached hydrogens (tertiary/aromatic N) is 1. The molecule has 1 aliphatic heterocycles. The van der Waals surface area contributed by atoms with Gasteiger partial charge < -0.3 is 10.1 Å². The van der Waals surface area contributed by atoms with Gasteiger partial charge in [0.1, 0.15) is 17.5 Å². The van der Waals surface area contributed by atoms with Crippen LogP contribution < -0.4 is 5.32 Å². The van der Waals surface area contributed by atoms with E-state index in [9.17, 15) is 31.2 Å². The fourth-order valence-corrected chi connectivity index (χ4v) is 4.80. The molecule has 11 heteroatoms. The molecule has 0 radical (unpaired) electrons. The summed E-state index contributed by atoms with van der Waals surface area (Å²) in [5, 5.41) is 2.29. The Hall–Kier alpha value is -2.92. The number of carbonyl (C=O) groups is 2. The molecule has 1 N–H and O–H groups in total. The Balaban J connectivity index is 1.77. The molecule has 7 nitrogen and oxygen atoms in total. The summed E-state index contributed by atoms with van der Waals surface area (Å²) in [5.74, 6) is -5.35. The summed E-state index contributed by atoms with van der Waals surface area (Å²) in [7, 11) is -2.92. The first-order valence-electron chi connectivity index (χ1n) is 9.27. The topological polar surface area (TPSA) is 92.8 Å². The van der Waals surface area contributed by atoms with Gasteiger partial charge in [-0.05, 0) is 43.2 Å². The van der Waals surface area contributed by atoms with Crippen molar-refractivity contribution in [1.82, 2.24) is 4.31 Å². The van der Waals surface area contributed by atoms with Crippen molar-refractivity contribution in [2.75, 3.05) is 25.5 Å². The van der Waals surface area contributed by atoms with E-state index >= 15 is 0 Å². The molecule has 0 bridgehead atoms. The Morgan fingerprint density at radius 1 is 1.10 bits per heavy atom. The number of rotatable bonds is 5. The molecule has 31 heavy (non-hydrogen) atoms. The van der Waals surface area contributed by atoms with E-state index in [2.05, 4.69) is 10.1 Å². The molecule has 0 aromatic heterocycles. The second-order valence-electron chi connectivity index (χ2n) is 6.95. The van der Waals surface area contributed by atoms with Gasteiger partial charge in [-0.1, -0.05) is 0 Å². The van der Waals surface area contributed by atoms with Crippen LogP contribution in [0.3, 0.4) is 0 Å². The molecule has 1 atom stereocenters. The van der Waals surface area contributed by atoms with Gasteiger partial charge in [0.15, 0.2) is 0 Å². The molecule has 1 saturated heterocycles. The fraction of sp³-hybridized carbons (Fsp3) is 0.300. The Labute approximate surface area is 176 Å². The van der Waals surface area contributed by atoms with Crippen molar-refractivity contribution in [2.24, 2.45) is 5.92 Å². The zero-order chi connectivity index (χ0) is 22.8. The number of benzene rings is 2. The van der Waals surface area contributed by atoms with E-state index in [1.807, 2.05) is 0 Å². The maximum absolute atomic E-state index is 14.1. The van der Waals surface area contributed by atoms with Gasteiger partial charge in [-0.2, -0.15) is 4.31 Å². The van der Waals surface area contributed by atoms with Crippen molar-refractivity contribution >= 4 is 27.6 Å². The number of amides is 1. The number of hydrogen-bond acceptors (Lipinski definition) is 5. The quantitative estimate of drug-likeness (QED) is 0.699. The molecule has 0 saturated carbocycles. The molecule has 3 rings (SSSR count). The van der Waals surface area contributed by atoms with E-state index in [0.717, 1.165) is 41.7 Å². The molecule has 1 unspecified atom stereocenters. The summed E-state index contributed by atoms with van der Waals surface area (Å²) in [6, 6.07) is 5.60. The van der Waals surface area contributed by atoms with Crippen LogP contribution in [0.1, 0.15) is 23.2 Å². The van der Waals surface area contributed by atoms with E-state index in [0.29, 0.717) is 18.9 Å². The molecule has 1 aliphatic rings. The third-order valence-corrected chi connectivity index (χ3v) is 6.81. The average molecular weight is 456 g/mol. The van der Waals surface area contributed by atoms with Crippen LogP contribution in [0.15, 0.2) is 41.3 Å². The minimum atomic E-state index is -3.95. The van der Waals surface area contributed by atoms with E-state index in [1.54, 1.807) is 0 Å². The maximum atomic E-state index is 14.1. The summed E-state index contributed by atoms with van der Waals surface area (Å²) in [6.45, 7) is -0.000889. The van der Waals surface area contributed by atoms with Crippen LogP contribution in [0, 0.1) is 23.4 Å². The number of esters is 1. The number of hydrogen-bond donors (Lipinski definition) is 1. The van der Waals surface area contributed by atoms with Crippen molar-refractivity contribution in [3.05, 3.63) is 59.4 Å². The lowest BCUT2D eigenvalue weighted by atomic mass is 9.98. The summed E-state index contributed by atoms with van der Waals surface area (Å²) < 4.78 is 72.1. The van der Waals surface area contributed by atoms with Crippen molar-refractivity contribution in [3.8, 4) is 0 Å². The lowest BCUT2D eigenvalue weighted by molar-refractivity contribution is -0.120. The number of nitrogens with one attached hydrogen (secondary N) is 1. The zero-order valence-corrected chi connectivity index (χ0v) is 17.2. The highest BCUT2D eigenvalue weighted by Gasteiger charge is 2.33. The minimum absolute atomic E-state index is 0.109. The molecule has 1 heterocycles. The third kappa shape index (κ3) is 4.88. The third-order valence-electron chi connectivity index (χ3n) is 4.93. The van der Waals surface area contributed by atoms with Crippen LogP contribution in [-0.4, -0.2) is 44.8 Å². The number of ether oxygens (including phenoxy) is 1.